The van der Waals surface area contributed by atoms with E-state index < -0.39 is 0 Å². The number of rotatable bonds is 9. The second kappa shape index (κ2) is 41.8. The lowest BCUT2D eigenvalue weighted by Crippen LogP contribution is -2.44. The fourth-order valence-electron chi connectivity index (χ4n) is 19.9. The van der Waals surface area contributed by atoms with E-state index in [1.165, 1.54) is 51.9 Å². The van der Waals surface area contributed by atoms with Crippen LogP contribution in [0.3, 0.4) is 0 Å². The number of likely N-dealkylation sites (N-methyl/N-ethyl adjacent to an activating group) is 4. The maximum atomic E-state index is 13.4. The van der Waals surface area contributed by atoms with E-state index in [1.54, 1.807) is 62.2 Å². The van der Waals surface area contributed by atoms with Crippen molar-refractivity contribution >= 4 is 96.4 Å². The Kier molecular flexibility index (Phi) is 27.1. The second-order valence-electron chi connectivity index (χ2n) is 38.2. The Morgan fingerprint density at radius 1 is 0.310 bits per heavy atom. The molecule has 1 aliphatic carbocycles. The van der Waals surface area contributed by atoms with Crippen molar-refractivity contribution < 1.29 is 18.9 Å². The van der Waals surface area contributed by atoms with Crippen molar-refractivity contribution in [2.45, 2.75) is 135 Å². The lowest BCUT2D eigenvalue weighted by molar-refractivity contribution is 0.271. The molecule has 20 heterocycles. The zero-order chi connectivity index (χ0) is 98.4. The minimum absolute atomic E-state index is 0.147. The van der Waals surface area contributed by atoms with E-state index in [2.05, 4.69) is 200 Å². The van der Waals surface area contributed by atoms with Crippen LogP contribution in [0.1, 0.15) is 104 Å². The molecule has 1 saturated heterocycles. The predicted octanol–water partition coefficient (Wildman–Crippen LogP) is 14.4. The number of pyridine rings is 4. The van der Waals surface area contributed by atoms with Crippen molar-refractivity contribution in [3.8, 4) is 46.8 Å². The van der Waals surface area contributed by atoms with Gasteiger partial charge in [0.05, 0.1) is 52.6 Å². The highest BCUT2D eigenvalue weighted by Gasteiger charge is 2.48. The molecule has 9 aliphatic rings. The fraction of sp³-hybridized carbons (Fsp3) is 0.333. The Hall–Kier alpha value is -16.1. The van der Waals surface area contributed by atoms with Crippen molar-refractivity contribution in [3.05, 3.63) is 300 Å². The minimum Gasteiger partial charge on any atom is -0.478 e. The van der Waals surface area contributed by atoms with Gasteiger partial charge in [0.2, 0.25) is 47.3 Å². The zero-order valence-corrected chi connectivity index (χ0v) is 81.7. The first-order valence-corrected chi connectivity index (χ1v) is 50.1. The van der Waals surface area contributed by atoms with Crippen LogP contribution in [0, 0.1) is 0 Å². The van der Waals surface area contributed by atoms with E-state index in [1.807, 2.05) is 109 Å². The van der Waals surface area contributed by atoms with Gasteiger partial charge >= 0.3 is 0 Å². The van der Waals surface area contributed by atoms with Crippen molar-refractivity contribution in [2.24, 2.45) is 0 Å². The lowest BCUT2D eigenvalue weighted by Gasteiger charge is -2.34. The summed E-state index contributed by atoms with van der Waals surface area (Å²) in [5.41, 5.74) is 14.8. The fourth-order valence-corrected chi connectivity index (χ4v) is 19.9. The summed E-state index contributed by atoms with van der Waals surface area (Å²) in [5.74, 6) is 6.13. The number of fused-ring (bicyclic) bond motifs is 28. The topological polar surface area (TPSA) is 364 Å². The molecule has 8 bridgehead atoms. The first-order chi connectivity index (χ1) is 71.1. The molecule has 12 aromatic heterocycles. The molecular formula is C108H115N29O8. The Balaban J connectivity index is 0.000000110. The minimum atomic E-state index is -0.159. The van der Waals surface area contributed by atoms with Gasteiger partial charge in [-0.25, -0.2) is 57.4 Å². The maximum absolute atomic E-state index is 13.4. The first-order valence-electron chi connectivity index (χ1n) is 50.1. The van der Waals surface area contributed by atoms with E-state index in [9.17, 15) is 19.2 Å². The average Bonchev–Trinajstić information content (AvgIpc) is 1.57. The van der Waals surface area contributed by atoms with Gasteiger partial charge in [0.15, 0.2) is 45.9 Å². The van der Waals surface area contributed by atoms with Crippen molar-refractivity contribution in [1.29, 1.82) is 0 Å². The standard InChI is InChI=1S/C29H31N7O2.C27H30N8O2.2C26H27N7O2/c1-34-18-20-16-21(10-11-23(20)29(19-34)12-13-29)31-28-30-17-22-26(33-28)36-24-8-7-9-25(32-24)38-15-6-4-2-3-5-14-35(36)27(22)37;1-32-14-16-33(17-15-32)21-11-9-20(10-12-21)29-27-28-19-22-25(31-27)35-23-7-6-8-24(30-23)37-18-5-3-2-4-13-34(35)26(22)36;1-31-13-11-18-15-20(10-9-19(18)17-31)28-26-27-16-21-24(30-26)33-22-7-6-8-23(29-22)35-14-5-3-2-4-12-32(33)25(21)34;1-31-13-11-18-9-10-20(15-19(18)17-31)28-26-27-16-21-24(30-26)33-22-7-6-8-23(29-22)35-14-5-3-2-4-12-32(33)25(21)34/h3,5,7-11,16-17H,2,4,6,12-15,18-19H2,1H3,(H,30,31,33);2,4,6-12,19H,3,5,13-18H2,1H3,(H,28,29,31);2*2,4,6-10,15-16H,3,5,11-14,17H2,1H3,(H,27,28,30)/b5-3+;;;. The van der Waals surface area contributed by atoms with Crippen molar-refractivity contribution in [3.63, 3.8) is 0 Å². The summed E-state index contributed by atoms with van der Waals surface area (Å²) < 4.78 is 36.9. The predicted molar refractivity (Wildman–Crippen MR) is 560 cm³/mol. The van der Waals surface area contributed by atoms with Gasteiger partial charge in [-0.1, -0.05) is 91.1 Å². The van der Waals surface area contributed by atoms with Gasteiger partial charge in [-0.05, 0) is 230 Å². The summed E-state index contributed by atoms with van der Waals surface area (Å²) in [4.78, 5) is 121. The molecule has 145 heavy (non-hydrogen) atoms. The van der Waals surface area contributed by atoms with E-state index in [0.29, 0.717) is 173 Å². The molecule has 25 rings (SSSR count). The number of piperazine rings is 1. The number of nitrogens with one attached hydrogen (secondary N) is 4. The van der Waals surface area contributed by atoms with Crippen LogP contribution in [0.4, 0.5) is 52.2 Å². The van der Waals surface area contributed by atoms with Crippen molar-refractivity contribution in [1.82, 2.24) is 117 Å². The third-order valence-electron chi connectivity index (χ3n) is 27.6. The second-order valence-corrected chi connectivity index (χ2v) is 38.2. The van der Waals surface area contributed by atoms with Gasteiger partial charge in [0.25, 0.3) is 22.2 Å². The smallest absolute Gasteiger partial charge is 0.278 e. The van der Waals surface area contributed by atoms with Crippen LogP contribution in [0.5, 0.6) is 23.5 Å². The monoisotopic (exact) mass is 1950 g/mol. The zero-order valence-electron chi connectivity index (χ0n) is 81.7. The molecule has 2 fully saturated rings. The molecule has 16 aromatic rings. The summed E-state index contributed by atoms with van der Waals surface area (Å²) in [7, 11) is 8.63. The van der Waals surface area contributed by atoms with E-state index in [-0.39, 0.29) is 22.2 Å². The van der Waals surface area contributed by atoms with Crippen LogP contribution in [0.2, 0.25) is 0 Å². The van der Waals surface area contributed by atoms with Gasteiger partial charge in [-0.2, -0.15) is 39.9 Å². The molecule has 4 aromatic carbocycles. The molecule has 0 unspecified atom stereocenters. The third-order valence-corrected chi connectivity index (χ3v) is 27.6. The van der Waals surface area contributed by atoms with Gasteiger partial charge in [0.1, 0.15) is 21.5 Å². The van der Waals surface area contributed by atoms with Gasteiger partial charge in [0, 0.05) is 148 Å². The summed E-state index contributed by atoms with van der Waals surface area (Å²) in [6.45, 7) is 14.3. The molecule has 37 heteroatoms. The number of benzene rings is 4. The number of ether oxygens (including phenoxy) is 4. The van der Waals surface area contributed by atoms with Crippen LogP contribution in [-0.4, -0.2) is 217 Å². The normalized spacial score (nSPS) is 17.0. The summed E-state index contributed by atoms with van der Waals surface area (Å²) in [6, 6.07) is 49.9. The molecule has 0 amide bonds. The molecule has 0 atom stereocenters. The average molecular weight is 1950 g/mol. The molecule has 0 radical (unpaired) electrons. The van der Waals surface area contributed by atoms with E-state index >= 15 is 0 Å². The van der Waals surface area contributed by atoms with Crippen LogP contribution in [-0.2, 0) is 64.1 Å². The van der Waals surface area contributed by atoms with Gasteiger partial charge < -0.3 is 64.7 Å². The first kappa shape index (κ1) is 93.8. The van der Waals surface area contributed by atoms with Crippen LogP contribution in [0.15, 0.2) is 244 Å². The quantitative estimate of drug-likeness (QED) is 0.0975. The largest absolute Gasteiger partial charge is 0.478 e. The highest BCUT2D eigenvalue weighted by molar-refractivity contribution is 5.81. The Bertz CT molecular complexity index is 7910. The van der Waals surface area contributed by atoms with E-state index in [0.717, 1.165) is 159 Å². The van der Waals surface area contributed by atoms with Crippen LogP contribution < -0.4 is 67.4 Å². The molecule has 8 aliphatic heterocycles. The molecule has 4 N–H and O–H groups in total. The lowest BCUT2D eigenvalue weighted by atomic mass is 9.87. The molecular weight excluding hydrogens is 1830 g/mol. The van der Waals surface area contributed by atoms with Crippen LogP contribution in [0.25, 0.3) is 67.4 Å². The number of nitrogens with zero attached hydrogens (tertiary/aromatic N) is 25. The molecule has 1 spiro atoms. The highest BCUT2D eigenvalue weighted by Crippen LogP contribution is 2.52. The number of allylic oxidation sites excluding steroid dienone is 8. The van der Waals surface area contributed by atoms with Crippen molar-refractivity contribution in [2.75, 3.05) is 127 Å². The summed E-state index contributed by atoms with van der Waals surface area (Å²) in [5, 5.41) is 15.1. The molecule has 1 saturated carbocycles. The number of hydrogen-bond donors (Lipinski definition) is 4. The van der Waals surface area contributed by atoms with Crippen LogP contribution >= 0.6 is 0 Å². The maximum Gasteiger partial charge on any atom is 0.278 e. The number of aromatic nitrogens is 20. The Morgan fingerprint density at radius 3 is 1.08 bits per heavy atom. The Labute approximate surface area is 835 Å². The van der Waals surface area contributed by atoms with Gasteiger partial charge in [-0.15, -0.1) is 0 Å². The highest BCUT2D eigenvalue weighted by atomic mass is 16.5. The Morgan fingerprint density at radius 2 is 0.662 bits per heavy atom. The number of anilines is 9. The summed E-state index contributed by atoms with van der Waals surface area (Å²) >= 11 is 0. The van der Waals surface area contributed by atoms with Gasteiger partial charge in [-0.3, -0.25) is 19.2 Å². The van der Waals surface area contributed by atoms with E-state index in [4.69, 9.17) is 43.9 Å². The molecule has 740 valence electrons. The SMILES string of the molecule is CN1CCN(c2ccc(Nc3ncc4c(=O)n5n(c4n3)-c3cccc(n3)OCCCC=CC5)cc2)CC1.CN1CCc2cc(Nc3ncc4c(=O)n5n(c4n3)-c3cccc(n3)OCCCC=CC5)ccc2C1.CN1CCc2ccc(Nc3ncc4c(=O)n5n(c4n3)-c3cccc(n3)OCCCC=CC5)cc2C1.CN1Cc2cc(Nc3ncc4c(=O)n5n(c4n3)-c3cccc(n3)OCCCC/C=C/C5)ccc2C2(CC2)C1. The summed E-state index contributed by atoms with van der Waals surface area (Å²) in [6.07, 6.45) is 35.5. The number of hydrogen-bond acceptors (Lipinski definition) is 29. The molecule has 37 nitrogen and oxygen atoms in total. The third kappa shape index (κ3) is 20.6.